The molecule has 0 saturated carbocycles. The normalized spacial score (nSPS) is 11.8. The van der Waals surface area contributed by atoms with Gasteiger partial charge in [-0.05, 0) is 151 Å². The first-order valence-electron chi connectivity index (χ1n) is 48.4. The molecule has 21 aromatic carbocycles. The maximum Gasteiger partial charge on any atom is 0.240 e. The van der Waals surface area contributed by atoms with Crippen LogP contribution in [0.2, 0.25) is 0 Å². The molecule has 672 valence electrons. The molecule has 0 unspecified atom stereocenters. The van der Waals surface area contributed by atoms with Crippen molar-refractivity contribution in [2.45, 2.75) is 0 Å². The largest absolute Gasteiger partial charge is 0.278 e. The molecule has 30 aromatic rings. The van der Waals surface area contributed by atoms with E-state index in [4.69, 9.17) is 44.9 Å². The first-order chi connectivity index (χ1) is 71.4. The molecule has 15 nitrogen and oxygen atoms in total. The van der Waals surface area contributed by atoms with Crippen LogP contribution in [0.25, 0.3) is 266 Å². The molecule has 0 amide bonds. The van der Waals surface area contributed by atoms with E-state index in [0.29, 0.717) is 53.2 Å². The number of fused-ring (bicyclic) bond motifs is 21. The summed E-state index contributed by atoms with van der Waals surface area (Å²) in [4.78, 5) is 47.0. The first-order valence-corrected chi connectivity index (χ1v) is 48.4. The third kappa shape index (κ3) is 13.8. The van der Waals surface area contributed by atoms with Crippen molar-refractivity contribution >= 4 is 163 Å². The van der Waals surface area contributed by atoms with Crippen molar-refractivity contribution in [3.63, 3.8) is 0 Å². The Kier molecular flexibility index (Phi) is 19.6. The minimum atomic E-state index is 0.574. The van der Waals surface area contributed by atoms with E-state index in [1.807, 2.05) is 0 Å². The molecule has 30 rings (SSSR count). The van der Waals surface area contributed by atoms with Crippen LogP contribution in [-0.4, -0.2) is 72.3 Å². The highest BCUT2D eigenvalue weighted by Gasteiger charge is 2.27. The van der Waals surface area contributed by atoms with Gasteiger partial charge in [0.15, 0.2) is 17.5 Å². The first kappa shape index (κ1) is 82.5. The van der Waals surface area contributed by atoms with Crippen molar-refractivity contribution in [3.05, 3.63) is 491 Å². The van der Waals surface area contributed by atoms with Crippen LogP contribution >= 0.6 is 0 Å². The summed E-state index contributed by atoms with van der Waals surface area (Å²) < 4.78 is 13.0. The second kappa shape index (κ2) is 34.1. The molecule has 0 aliphatic heterocycles. The Morgan fingerprint density at radius 2 is 0.312 bits per heavy atom. The number of hydrogen-bond donors (Lipinski definition) is 0. The van der Waals surface area contributed by atoms with Gasteiger partial charge in [0.2, 0.25) is 35.7 Å². The average molecular weight is 1840 g/mol. The topological polar surface area (TPSA) is 146 Å². The Bertz CT molecular complexity index is 9680. The molecule has 0 radical (unpaired) electrons. The molecular weight excluding hydrogens is 1760 g/mol. The van der Waals surface area contributed by atoms with Crippen LogP contribution in [0.4, 0.5) is 0 Å². The predicted molar refractivity (Wildman–Crippen MR) is 591 cm³/mol. The Hall–Kier alpha value is -19.8. The van der Waals surface area contributed by atoms with Crippen LogP contribution < -0.4 is 0 Å². The van der Waals surface area contributed by atoms with E-state index in [1.54, 1.807) is 0 Å². The lowest BCUT2D eigenvalue weighted by atomic mass is 9.97. The molecule has 0 N–H and O–H groups in total. The highest BCUT2D eigenvalue weighted by molar-refractivity contribution is 6.15. The summed E-state index contributed by atoms with van der Waals surface area (Å²) in [6.07, 6.45) is 0. The molecule has 15 heteroatoms. The lowest BCUT2D eigenvalue weighted by Crippen LogP contribution is -2.10. The number of benzene rings is 21. The Morgan fingerprint density at radius 1 is 0.111 bits per heavy atom. The monoisotopic (exact) mass is 1840 g/mol. The molecule has 144 heavy (non-hydrogen) atoms. The van der Waals surface area contributed by atoms with Crippen molar-refractivity contribution in [2.24, 2.45) is 0 Å². The number of rotatable bonds is 12. The van der Waals surface area contributed by atoms with Gasteiger partial charge in [0.05, 0.1) is 66.2 Å². The van der Waals surface area contributed by atoms with Crippen LogP contribution in [0.5, 0.6) is 0 Å². The molecule has 0 spiro atoms. The molecule has 9 aromatic heterocycles. The molecule has 0 aliphatic carbocycles. The van der Waals surface area contributed by atoms with E-state index in [-0.39, 0.29) is 0 Å². The zero-order chi connectivity index (χ0) is 94.8. The molecule has 0 fully saturated rings. The van der Waals surface area contributed by atoms with Crippen molar-refractivity contribution in [1.29, 1.82) is 0 Å². The van der Waals surface area contributed by atoms with E-state index >= 15 is 0 Å². The summed E-state index contributed by atoms with van der Waals surface area (Å²) in [7, 11) is 0. The van der Waals surface area contributed by atoms with Gasteiger partial charge in [0.25, 0.3) is 0 Å². The minimum Gasteiger partial charge on any atom is -0.278 e. The van der Waals surface area contributed by atoms with Crippen LogP contribution in [0.3, 0.4) is 0 Å². The highest BCUT2D eigenvalue weighted by atomic mass is 15.3. The van der Waals surface area contributed by atoms with Crippen LogP contribution in [-0.2, 0) is 0 Å². The smallest absolute Gasteiger partial charge is 0.240 e. The fraction of sp³-hybridized carbons (Fsp3) is 0. The van der Waals surface area contributed by atoms with Gasteiger partial charge in [-0.3, -0.25) is 27.4 Å². The summed E-state index contributed by atoms with van der Waals surface area (Å²) in [6.45, 7) is 0. The summed E-state index contributed by atoms with van der Waals surface area (Å²) >= 11 is 0. The van der Waals surface area contributed by atoms with Crippen LogP contribution in [0.15, 0.2) is 491 Å². The third-order valence-electron chi connectivity index (χ3n) is 28.2. The van der Waals surface area contributed by atoms with Gasteiger partial charge >= 0.3 is 0 Å². The van der Waals surface area contributed by atoms with E-state index in [9.17, 15) is 0 Å². The SMILES string of the molecule is c1cc(-c2nc(-n3c4ccccc4c4ccccc43)nc(-n3c4ccccc4c4ccccc43)n2)cc(-c2cccc3ccccc23)c1.c1ccc2c(-c3ccc(-c4nc(-n5c6ccccc6c6ccccc65)nc(-n5c6ccccc6c6ccccc65)n4)cc3)cccc2c1.c1ccc2cc(-c3ccc(-c4nc(-n5c6ccccc6c6ccccc65)nc(-n5c6ccccc6c6ccccc65)n4)cc3)ccc2c1. The van der Waals surface area contributed by atoms with Crippen molar-refractivity contribution in [2.75, 3.05) is 0 Å². The maximum atomic E-state index is 5.27. The summed E-state index contributed by atoms with van der Waals surface area (Å²) in [5, 5.41) is 21.3. The van der Waals surface area contributed by atoms with Gasteiger partial charge in [0, 0.05) is 81.3 Å². The molecule has 9 heterocycles. The lowest BCUT2D eigenvalue weighted by molar-refractivity contribution is 0.892. The van der Waals surface area contributed by atoms with Gasteiger partial charge in [-0.15, -0.1) is 0 Å². The number of aromatic nitrogens is 15. The van der Waals surface area contributed by atoms with Gasteiger partial charge in [-0.25, -0.2) is 0 Å². The molecular formula is C129H81N15. The lowest BCUT2D eigenvalue weighted by Gasteiger charge is -2.13. The Balaban J connectivity index is 0.000000105. The fourth-order valence-electron chi connectivity index (χ4n) is 21.6. The molecule has 0 saturated heterocycles. The van der Waals surface area contributed by atoms with Crippen molar-refractivity contribution in [3.8, 4) is 103 Å². The number of hydrogen-bond acceptors (Lipinski definition) is 9. The van der Waals surface area contributed by atoms with Crippen molar-refractivity contribution < 1.29 is 0 Å². The van der Waals surface area contributed by atoms with E-state index in [2.05, 4.69) is 519 Å². The Morgan fingerprint density at radius 3 is 0.604 bits per heavy atom. The van der Waals surface area contributed by atoms with E-state index in [0.717, 1.165) is 164 Å². The van der Waals surface area contributed by atoms with Crippen LogP contribution in [0, 0.1) is 0 Å². The quantitative estimate of drug-likeness (QED) is 0.117. The van der Waals surface area contributed by atoms with Crippen LogP contribution in [0.1, 0.15) is 0 Å². The predicted octanol–water partition coefficient (Wildman–Crippen LogP) is 31.7. The summed E-state index contributed by atoms with van der Waals surface area (Å²) in [5.74, 6) is 5.29. The third-order valence-corrected chi connectivity index (χ3v) is 28.2. The fourth-order valence-corrected chi connectivity index (χ4v) is 21.6. The summed E-state index contributed by atoms with van der Waals surface area (Å²) in [6, 6.07) is 172. The van der Waals surface area contributed by atoms with E-state index in [1.165, 1.54) is 49.0 Å². The second-order valence-electron chi connectivity index (χ2n) is 36.3. The molecule has 0 atom stereocenters. The summed E-state index contributed by atoms with van der Waals surface area (Å²) in [5.41, 5.74) is 22.3. The number of para-hydroxylation sites is 12. The average Bonchev–Trinajstić information content (AvgIpc) is 1.59. The van der Waals surface area contributed by atoms with Crippen molar-refractivity contribution in [1.82, 2.24) is 72.3 Å². The standard InChI is InChI=1S/3C43H27N5/c1-2-17-31-28(13-1)14-12-22-32(31)29-15-11-16-30(27-29)41-44-42(47-37-23-7-3-18-33(37)34-19-4-8-24-38(34)47)46-43(45-41)48-39-25-9-5-20-35(39)36-21-6-10-26-40(36)48;1-2-14-31-28(12-1)13-11-19-32(31)29-24-26-30(27-25-29)41-44-42(47-37-20-7-3-15-33(37)34-16-4-8-21-38(34)47)46-43(45-41)48-39-22-9-5-17-35(39)36-18-6-10-23-40(36)48;1-2-12-31-27-32(26-23-28(31)11-1)29-21-24-30(25-22-29)41-44-42(47-37-17-7-3-13-33(37)34-14-4-8-18-38(34)47)46-43(45-41)48-39-19-9-5-15-35(39)36-16-6-10-20-40(36)48/h3*1-27H. The molecule has 0 aliphatic rings. The number of nitrogens with zero attached hydrogens (tertiary/aromatic N) is 15. The maximum absolute atomic E-state index is 5.27. The zero-order valence-corrected chi connectivity index (χ0v) is 77.5. The second-order valence-corrected chi connectivity index (χ2v) is 36.3. The molecule has 0 bridgehead atoms. The zero-order valence-electron chi connectivity index (χ0n) is 77.5. The Labute approximate surface area is 824 Å². The van der Waals surface area contributed by atoms with Gasteiger partial charge in [-0.2, -0.15) is 44.9 Å². The van der Waals surface area contributed by atoms with E-state index < -0.39 is 0 Å². The van der Waals surface area contributed by atoms with Gasteiger partial charge < -0.3 is 0 Å². The van der Waals surface area contributed by atoms with Gasteiger partial charge in [0.1, 0.15) is 0 Å². The highest BCUT2D eigenvalue weighted by Crippen LogP contribution is 2.43. The minimum absolute atomic E-state index is 0.574. The van der Waals surface area contributed by atoms with Gasteiger partial charge in [-0.1, -0.05) is 406 Å².